The molecule has 2 aromatic rings. The van der Waals surface area contributed by atoms with Crippen molar-refractivity contribution in [2.24, 2.45) is 0 Å². The predicted octanol–water partition coefficient (Wildman–Crippen LogP) is 5.47. The van der Waals surface area contributed by atoms with Gasteiger partial charge in [-0.1, -0.05) is 36.2 Å². The van der Waals surface area contributed by atoms with Gasteiger partial charge in [0.25, 0.3) is 0 Å². The molecular formula is C14H12Cl3N. The van der Waals surface area contributed by atoms with Crippen LogP contribution in [-0.2, 0) is 0 Å². The Morgan fingerprint density at radius 2 is 1.89 bits per heavy atom. The minimum absolute atomic E-state index is 0.0591. The highest BCUT2D eigenvalue weighted by molar-refractivity contribution is 6.34. The van der Waals surface area contributed by atoms with Gasteiger partial charge in [-0.2, -0.15) is 0 Å². The molecular weight excluding hydrogens is 289 g/mol. The van der Waals surface area contributed by atoms with E-state index in [1.807, 2.05) is 25.1 Å². The first-order chi connectivity index (χ1) is 8.59. The number of halogens is 3. The number of nitrogens with zero attached hydrogens (tertiary/aromatic N) is 1. The molecule has 0 aliphatic heterocycles. The molecule has 94 valence electrons. The van der Waals surface area contributed by atoms with E-state index in [9.17, 15) is 0 Å². The van der Waals surface area contributed by atoms with E-state index in [4.69, 9.17) is 34.8 Å². The van der Waals surface area contributed by atoms with Gasteiger partial charge < -0.3 is 0 Å². The summed E-state index contributed by atoms with van der Waals surface area (Å²) in [7, 11) is 0. The lowest BCUT2D eigenvalue weighted by atomic mass is 9.97. The van der Waals surface area contributed by atoms with Crippen molar-refractivity contribution in [2.75, 3.05) is 0 Å². The zero-order valence-corrected chi connectivity index (χ0v) is 12.0. The van der Waals surface area contributed by atoms with Gasteiger partial charge >= 0.3 is 0 Å². The second-order valence-corrected chi connectivity index (χ2v) is 5.42. The monoisotopic (exact) mass is 299 g/mol. The Hall–Kier alpha value is -0.760. The van der Waals surface area contributed by atoms with E-state index < -0.39 is 0 Å². The van der Waals surface area contributed by atoms with Gasteiger partial charge in [-0.15, -0.1) is 11.6 Å². The van der Waals surface area contributed by atoms with Crippen LogP contribution in [0.4, 0.5) is 0 Å². The molecule has 0 aliphatic carbocycles. The van der Waals surface area contributed by atoms with E-state index in [1.165, 1.54) is 0 Å². The number of hydrogen-bond acceptors (Lipinski definition) is 1. The third kappa shape index (κ3) is 2.97. The Morgan fingerprint density at radius 3 is 2.56 bits per heavy atom. The molecule has 1 nitrogen and oxygen atoms in total. The number of benzene rings is 1. The first-order valence-electron chi connectivity index (χ1n) is 5.59. The van der Waals surface area contributed by atoms with Gasteiger partial charge in [0, 0.05) is 27.9 Å². The highest BCUT2D eigenvalue weighted by atomic mass is 35.5. The Kier molecular flexibility index (Phi) is 4.50. The van der Waals surface area contributed by atoms with Gasteiger partial charge in [0.1, 0.15) is 0 Å². The fourth-order valence-electron chi connectivity index (χ4n) is 1.79. The molecule has 2 unspecified atom stereocenters. The normalized spacial score (nSPS) is 14.2. The third-order valence-corrected chi connectivity index (χ3v) is 4.04. The molecule has 1 aromatic carbocycles. The van der Waals surface area contributed by atoms with Crippen LogP contribution in [0, 0.1) is 0 Å². The average molecular weight is 301 g/mol. The molecule has 0 amide bonds. The SMILES string of the molecule is CC(c1ccccn1)C(Cl)c1cc(Cl)ccc1Cl. The van der Waals surface area contributed by atoms with Crippen LogP contribution in [0.2, 0.25) is 10.0 Å². The third-order valence-electron chi connectivity index (χ3n) is 2.85. The summed E-state index contributed by atoms with van der Waals surface area (Å²) in [6.45, 7) is 2.03. The van der Waals surface area contributed by atoms with Crippen molar-refractivity contribution in [3.63, 3.8) is 0 Å². The van der Waals surface area contributed by atoms with Gasteiger partial charge in [0.15, 0.2) is 0 Å². The summed E-state index contributed by atoms with van der Waals surface area (Å²) in [5, 5.41) is 1.00. The topological polar surface area (TPSA) is 12.9 Å². The molecule has 0 N–H and O–H groups in total. The largest absolute Gasteiger partial charge is 0.261 e. The Balaban J connectivity index is 2.31. The summed E-state index contributed by atoms with van der Waals surface area (Å²) in [5.41, 5.74) is 1.78. The quantitative estimate of drug-likeness (QED) is 0.685. The minimum Gasteiger partial charge on any atom is -0.261 e. The lowest BCUT2D eigenvalue weighted by molar-refractivity contribution is 0.707. The molecule has 0 spiro atoms. The molecule has 1 heterocycles. The van der Waals surface area contributed by atoms with Crippen molar-refractivity contribution in [1.82, 2.24) is 4.98 Å². The van der Waals surface area contributed by atoms with Crippen LogP contribution in [0.5, 0.6) is 0 Å². The Morgan fingerprint density at radius 1 is 1.11 bits per heavy atom. The van der Waals surface area contributed by atoms with Crippen molar-refractivity contribution < 1.29 is 0 Å². The van der Waals surface area contributed by atoms with Crippen LogP contribution in [-0.4, -0.2) is 4.98 Å². The van der Waals surface area contributed by atoms with Crippen LogP contribution in [0.1, 0.15) is 29.5 Å². The van der Waals surface area contributed by atoms with E-state index in [0.29, 0.717) is 10.0 Å². The molecule has 4 heteroatoms. The highest BCUT2D eigenvalue weighted by Crippen LogP contribution is 2.39. The standard InChI is InChI=1S/C14H12Cl3N/c1-9(13-4-2-3-7-18-13)14(17)11-8-10(15)5-6-12(11)16/h2-9,14H,1H3. The van der Waals surface area contributed by atoms with E-state index in [-0.39, 0.29) is 11.3 Å². The fraction of sp³-hybridized carbons (Fsp3) is 0.214. The second kappa shape index (κ2) is 5.92. The van der Waals surface area contributed by atoms with E-state index in [1.54, 1.807) is 24.4 Å². The number of alkyl halides is 1. The van der Waals surface area contributed by atoms with Gasteiger partial charge in [0.2, 0.25) is 0 Å². The maximum atomic E-state index is 6.49. The number of hydrogen-bond donors (Lipinski definition) is 0. The number of aromatic nitrogens is 1. The van der Waals surface area contributed by atoms with Crippen molar-refractivity contribution in [3.05, 3.63) is 63.9 Å². The summed E-state index contributed by atoms with van der Waals surface area (Å²) in [4.78, 5) is 4.32. The van der Waals surface area contributed by atoms with Gasteiger partial charge in [-0.3, -0.25) is 4.98 Å². The number of rotatable bonds is 3. The molecule has 1 aromatic heterocycles. The molecule has 0 saturated carbocycles. The van der Waals surface area contributed by atoms with Crippen LogP contribution < -0.4 is 0 Å². The lowest BCUT2D eigenvalue weighted by Gasteiger charge is -2.19. The molecule has 0 saturated heterocycles. The predicted molar refractivity (Wildman–Crippen MR) is 77.7 cm³/mol. The average Bonchev–Trinajstić information content (AvgIpc) is 2.41. The van der Waals surface area contributed by atoms with Crippen LogP contribution in [0.3, 0.4) is 0 Å². The first kappa shape index (κ1) is 13.7. The first-order valence-corrected chi connectivity index (χ1v) is 6.79. The summed E-state index contributed by atoms with van der Waals surface area (Å²) < 4.78 is 0. The van der Waals surface area contributed by atoms with E-state index in [0.717, 1.165) is 11.3 Å². The molecule has 0 bridgehead atoms. The zero-order valence-electron chi connectivity index (χ0n) is 9.78. The number of pyridine rings is 1. The second-order valence-electron chi connectivity index (χ2n) is 4.11. The molecule has 18 heavy (non-hydrogen) atoms. The van der Waals surface area contributed by atoms with Crippen LogP contribution in [0.25, 0.3) is 0 Å². The summed E-state index contributed by atoms with van der Waals surface area (Å²) >= 11 is 18.6. The lowest BCUT2D eigenvalue weighted by Crippen LogP contribution is -2.05. The smallest absolute Gasteiger partial charge is 0.0681 e. The molecule has 2 atom stereocenters. The zero-order chi connectivity index (χ0) is 13.1. The molecule has 2 rings (SSSR count). The summed E-state index contributed by atoms with van der Waals surface area (Å²) in [6, 6.07) is 11.1. The Labute approximate surface area is 122 Å². The van der Waals surface area contributed by atoms with Gasteiger partial charge in [-0.05, 0) is 35.9 Å². The molecule has 0 fully saturated rings. The van der Waals surface area contributed by atoms with Crippen LogP contribution in [0.15, 0.2) is 42.6 Å². The Bertz CT molecular complexity index is 528. The minimum atomic E-state index is -0.258. The summed E-state index contributed by atoms with van der Waals surface area (Å²) in [6.07, 6.45) is 1.76. The van der Waals surface area contributed by atoms with Gasteiger partial charge in [-0.25, -0.2) is 0 Å². The maximum Gasteiger partial charge on any atom is 0.0681 e. The maximum absolute atomic E-state index is 6.49. The highest BCUT2D eigenvalue weighted by Gasteiger charge is 2.21. The van der Waals surface area contributed by atoms with E-state index in [2.05, 4.69) is 4.98 Å². The van der Waals surface area contributed by atoms with E-state index >= 15 is 0 Å². The van der Waals surface area contributed by atoms with Crippen LogP contribution >= 0.6 is 34.8 Å². The molecule has 0 aliphatic rings. The van der Waals surface area contributed by atoms with Gasteiger partial charge in [0.05, 0.1) is 5.38 Å². The van der Waals surface area contributed by atoms with Crippen molar-refractivity contribution in [1.29, 1.82) is 0 Å². The van der Waals surface area contributed by atoms with Crippen molar-refractivity contribution in [3.8, 4) is 0 Å². The summed E-state index contributed by atoms with van der Waals surface area (Å²) in [5.74, 6) is 0.0591. The van der Waals surface area contributed by atoms with Crippen molar-refractivity contribution >= 4 is 34.8 Å². The molecule has 0 radical (unpaired) electrons. The van der Waals surface area contributed by atoms with Crippen molar-refractivity contribution in [2.45, 2.75) is 18.2 Å². The fourth-order valence-corrected chi connectivity index (χ4v) is 2.57.